The average molecular weight is 452 g/mol. The standard InChI is InChI=1S/C16H12N4O8S2/c17-13-4-6-14(11-3-2-10(8-12(11)13)29(23,24)25)18-19-15-5-1-9(20(21)22)7-16(15)30(26,27)28/h1-8H,17H2,(H,23,24,25)(H,26,27,28). The Morgan fingerprint density at radius 1 is 0.833 bits per heavy atom. The third kappa shape index (κ3) is 4.25. The van der Waals surface area contributed by atoms with Crippen LogP contribution in [-0.4, -0.2) is 30.9 Å². The van der Waals surface area contributed by atoms with Crippen LogP contribution in [0.1, 0.15) is 0 Å². The third-order valence-corrected chi connectivity index (χ3v) is 5.73. The summed E-state index contributed by atoms with van der Waals surface area (Å²) in [4.78, 5) is 8.81. The van der Waals surface area contributed by atoms with Crippen molar-refractivity contribution < 1.29 is 30.9 Å². The molecular formula is C16H12N4O8S2. The minimum Gasteiger partial charge on any atom is -0.398 e. The molecule has 30 heavy (non-hydrogen) atoms. The molecule has 0 fully saturated rings. The van der Waals surface area contributed by atoms with E-state index in [-0.39, 0.29) is 27.3 Å². The van der Waals surface area contributed by atoms with E-state index in [0.29, 0.717) is 11.5 Å². The molecule has 0 aliphatic carbocycles. The number of nitrogen functional groups attached to an aromatic ring is 1. The monoisotopic (exact) mass is 452 g/mol. The molecule has 3 aromatic carbocycles. The maximum absolute atomic E-state index is 11.6. The molecule has 0 bridgehead atoms. The van der Waals surface area contributed by atoms with Gasteiger partial charge in [-0.05, 0) is 30.3 Å². The molecule has 3 aromatic rings. The summed E-state index contributed by atoms with van der Waals surface area (Å²) in [7, 11) is -9.31. The molecule has 0 aromatic heterocycles. The van der Waals surface area contributed by atoms with E-state index in [2.05, 4.69) is 10.2 Å². The Balaban J connectivity index is 2.15. The number of anilines is 1. The molecule has 156 valence electrons. The molecule has 0 saturated heterocycles. The summed E-state index contributed by atoms with van der Waals surface area (Å²) in [5.41, 5.74) is 5.25. The van der Waals surface area contributed by atoms with Gasteiger partial charge in [0.15, 0.2) is 0 Å². The maximum atomic E-state index is 11.6. The third-order valence-electron chi connectivity index (χ3n) is 3.99. The van der Waals surface area contributed by atoms with Crippen LogP contribution in [0.25, 0.3) is 10.8 Å². The van der Waals surface area contributed by atoms with Crippen molar-refractivity contribution in [3.05, 3.63) is 58.6 Å². The maximum Gasteiger partial charge on any atom is 0.297 e. The Morgan fingerprint density at radius 2 is 1.47 bits per heavy atom. The molecule has 0 saturated carbocycles. The van der Waals surface area contributed by atoms with Crippen molar-refractivity contribution in [1.29, 1.82) is 0 Å². The van der Waals surface area contributed by atoms with Crippen molar-refractivity contribution in [3.8, 4) is 0 Å². The molecule has 0 heterocycles. The minimum absolute atomic E-state index is 0.153. The number of nitro benzene ring substituents is 1. The van der Waals surface area contributed by atoms with Gasteiger partial charge in [-0.2, -0.15) is 16.8 Å². The first-order chi connectivity index (χ1) is 13.9. The quantitative estimate of drug-likeness (QED) is 0.171. The summed E-state index contributed by atoms with van der Waals surface area (Å²) < 4.78 is 64.3. The van der Waals surface area contributed by atoms with Gasteiger partial charge in [0.25, 0.3) is 25.9 Å². The fourth-order valence-electron chi connectivity index (χ4n) is 2.59. The zero-order chi connectivity index (χ0) is 22.3. The van der Waals surface area contributed by atoms with E-state index in [1.54, 1.807) is 0 Å². The number of non-ortho nitro benzene ring substituents is 1. The molecule has 0 unspecified atom stereocenters. The van der Waals surface area contributed by atoms with Crippen molar-refractivity contribution in [2.45, 2.75) is 9.79 Å². The highest BCUT2D eigenvalue weighted by atomic mass is 32.2. The molecule has 0 amide bonds. The summed E-state index contributed by atoms with van der Waals surface area (Å²) in [6.45, 7) is 0. The average Bonchev–Trinajstić information content (AvgIpc) is 2.65. The van der Waals surface area contributed by atoms with Crippen molar-refractivity contribution >= 4 is 53.8 Å². The van der Waals surface area contributed by atoms with Gasteiger partial charge in [-0.15, -0.1) is 10.2 Å². The fraction of sp³-hybridized carbons (Fsp3) is 0. The first kappa shape index (κ1) is 21.3. The van der Waals surface area contributed by atoms with E-state index in [4.69, 9.17) is 5.73 Å². The molecule has 0 aliphatic rings. The van der Waals surface area contributed by atoms with Gasteiger partial charge >= 0.3 is 0 Å². The lowest BCUT2D eigenvalue weighted by Gasteiger charge is -2.07. The topological polar surface area (TPSA) is 203 Å². The lowest BCUT2D eigenvalue weighted by molar-refractivity contribution is -0.385. The van der Waals surface area contributed by atoms with E-state index >= 15 is 0 Å². The Hall–Kier alpha value is -3.46. The highest BCUT2D eigenvalue weighted by Gasteiger charge is 2.20. The lowest BCUT2D eigenvalue weighted by atomic mass is 10.1. The van der Waals surface area contributed by atoms with Crippen molar-refractivity contribution in [2.24, 2.45) is 10.2 Å². The van der Waals surface area contributed by atoms with Gasteiger partial charge in [-0.1, -0.05) is 6.07 Å². The van der Waals surface area contributed by atoms with Gasteiger partial charge in [0, 0.05) is 28.6 Å². The van der Waals surface area contributed by atoms with E-state index in [0.717, 1.165) is 24.3 Å². The normalized spacial score (nSPS) is 12.5. The summed E-state index contributed by atoms with van der Waals surface area (Å²) in [6, 6.07) is 9.02. The van der Waals surface area contributed by atoms with Crippen molar-refractivity contribution in [1.82, 2.24) is 0 Å². The molecule has 3 rings (SSSR count). The molecule has 12 nitrogen and oxygen atoms in total. The summed E-state index contributed by atoms with van der Waals surface area (Å²) in [5.74, 6) is 0. The largest absolute Gasteiger partial charge is 0.398 e. The summed E-state index contributed by atoms with van der Waals surface area (Å²) >= 11 is 0. The van der Waals surface area contributed by atoms with Gasteiger partial charge in [0.05, 0.1) is 15.5 Å². The van der Waals surface area contributed by atoms with Crippen LogP contribution in [0.5, 0.6) is 0 Å². The molecule has 0 radical (unpaired) electrons. The number of hydrogen-bond donors (Lipinski definition) is 3. The van der Waals surface area contributed by atoms with Gasteiger partial charge in [0.2, 0.25) is 0 Å². The fourth-order valence-corrected chi connectivity index (χ4v) is 3.74. The second kappa shape index (κ2) is 7.42. The van der Waals surface area contributed by atoms with Gasteiger partial charge in [-0.3, -0.25) is 19.2 Å². The predicted molar refractivity (Wildman–Crippen MR) is 105 cm³/mol. The Kier molecular flexibility index (Phi) is 5.25. The van der Waals surface area contributed by atoms with Gasteiger partial charge in [0.1, 0.15) is 10.6 Å². The van der Waals surface area contributed by atoms with Crippen LogP contribution in [0.15, 0.2) is 68.6 Å². The summed E-state index contributed by atoms with van der Waals surface area (Å²) in [5, 5.41) is 19.1. The van der Waals surface area contributed by atoms with Crippen LogP contribution >= 0.6 is 0 Å². The first-order valence-electron chi connectivity index (χ1n) is 7.85. The minimum atomic E-state index is -4.84. The second-order valence-electron chi connectivity index (χ2n) is 5.94. The van der Waals surface area contributed by atoms with E-state index in [9.17, 15) is 36.1 Å². The van der Waals surface area contributed by atoms with Gasteiger partial charge < -0.3 is 5.73 Å². The molecule has 4 N–H and O–H groups in total. The number of nitro groups is 1. The molecule has 0 atom stereocenters. The Bertz CT molecular complexity index is 1430. The Morgan fingerprint density at radius 3 is 2.07 bits per heavy atom. The number of azo groups is 1. The van der Waals surface area contributed by atoms with Crippen LogP contribution in [0.4, 0.5) is 22.7 Å². The van der Waals surface area contributed by atoms with Crippen LogP contribution in [0.2, 0.25) is 0 Å². The van der Waals surface area contributed by atoms with E-state index in [1.807, 2.05) is 0 Å². The predicted octanol–water partition coefficient (Wildman–Crippen LogP) is 3.24. The number of benzene rings is 3. The highest BCUT2D eigenvalue weighted by molar-refractivity contribution is 7.86. The van der Waals surface area contributed by atoms with Crippen molar-refractivity contribution in [2.75, 3.05) is 5.73 Å². The zero-order valence-corrected chi connectivity index (χ0v) is 16.3. The lowest BCUT2D eigenvalue weighted by Crippen LogP contribution is -2.00. The van der Waals surface area contributed by atoms with Crippen LogP contribution in [0, 0.1) is 10.1 Å². The van der Waals surface area contributed by atoms with E-state index < -0.39 is 35.7 Å². The Labute approximate surface area is 169 Å². The number of rotatable bonds is 5. The summed E-state index contributed by atoms with van der Waals surface area (Å²) in [6.07, 6.45) is 0. The zero-order valence-electron chi connectivity index (χ0n) is 14.7. The number of hydrogen-bond acceptors (Lipinski definition) is 9. The molecule has 14 heteroatoms. The number of nitrogens with two attached hydrogens (primary N) is 1. The van der Waals surface area contributed by atoms with Crippen LogP contribution in [0.3, 0.4) is 0 Å². The number of nitrogens with zero attached hydrogens (tertiary/aromatic N) is 3. The first-order valence-corrected chi connectivity index (χ1v) is 10.7. The highest BCUT2D eigenvalue weighted by Crippen LogP contribution is 2.35. The van der Waals surface area contributed by atoms with Gasteiger partial charge in [-0.25, -0.2) is 0 Å². The smallest absolute Gasteiger partial charge is 0.297 e. The number of fused-ring (bicyclic) bond motifs is 1. The van der Waals surface area contributed by atoms with Crippen LogP contribution < -0.4 is 5.73 Å². The molecule has 0 spiro atoms. The molecular weight excluding hydrogens is 440 g/mol. The van der Waals surface area contributed by atoms with Crippen molar-refractivity contribution in [3.63, 3.8) is 0 Å². The van der Waals surface area contributed by atoms with Crippen LogP contribution in [-0.2, 0) is 20.2 Å². The molecule has 0 aliphatic heterocycles. The SMILES string of the molecule is Nc1ccc(N=Nc2ccc([N+](=O)[O-])cc2S(=O)(=O)O)c2ccc(S(=O)(=O)O)cc12. The van der Waals surface area contributed by atoms with E-state index in [1.165, 1.54) is 18.2 Å². The second-order valence-corrected chi connectivity index (χ2v) is 8.75.